The van der Waals surface area contributed by atoms with E-state index in [0.717, 1.165) is 10.2 Å². The summed E-state index contributed by atoms with van der Waals surface area (Å²) < 4.78 is 0.982. The molecule has 1 heterocycles. The first-order chi connectivity index (χ1) is 9.02. The number of halogens is 1. The summed E-state index contributed by atoms with van der Waals surface area (Å²) in [5.74, 6) is 0. The van der Waals surface area contributed by atoms with Crippen LogP contribution in [-0.4, -0.2) is 4.98 Å². The lowest BCUT2D eigenvalue weighted by Crippen LogP contribution is -1.91. The van der Waals surface area contributed by atoms with Gasteiger partial charge in [0.05, 0.1) is 5.69 Å². The molecule has 0 aliphatic rings. The van der Waals surface area contributed by atoms with E-state index in [1.54, 1.807) is 6.08 Å². The van der Waals surface area contributed by atoms with Gasteiger partial charge in [-0.3, -0.25) is 0 Å². The van der Waals surface area contributed by atoms with E-state index in [2.05, 4.69) is 72.5 Å². The molecule has 0 spiro atoms. The number of aromatic amines is 1. The van der Waals surface area contributed by atoms with E-state index < -0.39 is 0 Å². The van der Waals surface area contributed by atoms with Crippen molar-refractivity contribution in [2.75, 3.05) is 0 Å². The summed E-state index contributed by atoms with van der Waals surface area (Å²) in [5, 5.41) is 0. The molecule has 0 radical (unpaired) electrons. The van der Waals surface area contributed by atoms with Crippen LogP contribution in [0.15, 0.2) is 41.5 Å². The van der Waals surface area contributed by atoms with Crippen molar-refractivity contribution < 1.29 is 0 Å². The van der Waals surface area contributed by atoms with Crippen molar-refractivity contribution in [3.8, 4) is 11.3 Å². The third-order valence-corrected chi connectivity index (χ3v) is 3.75. The molecule has 0 saturated carbocycles. The number of rotatable bonds is 3. The number of aryl methyl sites for hydroxylation is 3. The van der Waals surface area contributed by atoms with Crippen molar-refractivity contribution >= 4 is 22.0 Å². The third-order valence-electron chi connectivity index (χ3n) is 3.19. The molecule has 0 atom stereocenters. The minimum Gasteiger partial charge on any atom is -0.361 e. The second-order valence-corrected chi connectivity index (χ2v) is 5.73. The Kier molecular flexibility index (Phi) is 4.11. The monoisotopic (exact) mass is 315 g/mol. The molecule has 1 aromatic carbocycles. The summed E-state index contributed by atoms with van der Waals surface area (Å²) in [6.45, 7) is 10.2. The fourth-order valence-electron chi connectivity index (χ4n) is 2.50. The Hall–Kier alpha value is -1.54. The van der Waals surface area contributed by atoms with Crippen LogP contribution in [0.2, 0.25) is 0 Å². The van der Waals surface area contributed by atoms with E-state index in [0.29, 0.717) is 0 Å². The highest BCUT2D eigenvalue weighted by molar-refractivity contribution is 9.12. The highest BCUT2D eigenvalue weighted by Crippen LogP contribution is 2.31. The molecular formula is C17H18BrN. The lowest BCUT2D eigenvalue weighted by molar-refractivity contribution is 1.29. The fraction of sp³-hybridized carbons (Fsp3) is 0.176. The number of hydrogen-bond donors (Lipinski definition) is 1. The Labute approximate surface area is 123 Å². The fourth-order valence-corrected chi connectivity index (χ4v) is 2.75. The van der Waals surface area contributed by atoms with Gasteiger partial charge in [0.25, 0.3) is 0 Å². The van der Waals surface area contributed by atoms with Crippen LogP contribution in [0.3, 0.4) is 0 Å². The number of aromatic nitrogens is 1. The summed E-state index contributed by atoms with van der Waals surface area (Å²) in [6, 6.07) is 6.53. The van der Waals surface area contributed by atoms with E-state index in [4.69, 9.17) is 0 Å². The Morgan fingerprint density at radius 1 is 1.21 bits per heavy atom. The zero-order valence-corrected chi connectivity index (χ0v) is 13.1. The number of benzene rings is 1. The molecule has 0 aliphatic carbocycles. The molecule has 19 heavy (non-hydrogen) atoms. The molecular weight excluding hydrogens is 298 g/mol. The van der Waals surface area contributed by atoms with E-state index >= 15 is 0 Å². The third kappa shape index (κ3) is 2.90. The maximum atomic E-state index is 3.76. The number of nitrogens with one attached hydrogen (secondary N) is 1. The molecule has 2 aromatic rings. The second-order valence-electron chi connectivity index (χ2n) is 4.82. The van der Waals surface area contributed by atoms with Crippen LogP contribution in [-0.2, 0) is 0 Å². The summed E-state index contributed by atoms with van der Waals surface area (Å²) >= 11 is 3.48. The van der Waals surface area contributed by atoms with Crippen LogP contribution < -0.4 is 0 Å². The molecule has 1 aromatic heterocycles. The Balaban J connectivity index is 2.61. The average Bonchev–Trinajstić information content (AvgIpc) is 2.76. The minimum atomic E-state index is 0.982. The molecule has 0 bridgehead atoms. The summed E-state index contributed by atoms with van der Waals surface area (Å²) in [7, 11) is 0. The van der Waals surface area contributed by atoms with Crippen LogP contribution in [0.5, 0.6) is 0 Å². The Bertz CT molecular complexity index is 624. The summed E-state index contributed by atoms with van der Waals surface area (Å²) in [4.78, 5) is 3.35. The zero-order valence-electron chi connectivity index (χ0n) is 11.5. The van der Waals surface area contributed by atoms with Crippen LogP contribution in [0, 0.1) is 20.8 Å². The van der Waals surface area contributed by atoms with Crippen molar-refractivity contribution in [2.24, 2.45) is 0 Å². The van der Waals surface area contributed by atoms with Gasteiger partial charge in [-0.1, -0.05) is 46.3 Å². The number of allylic oxidation sites excluding steroid dienone is 2. The van der Waals surface area contributed by atoms with Gasteiger partial charge in [-0.05, 0) is 44.0 Å². The molecule has 0 saturated heterocycles. The first-order valence-electron chi connectivity index (χ1n) is 6.28. The summed E-state index contributed by atoms with van der Waals surface area (Å²) in [6.07, 6.45) is 5.85. The minimum absolute atomic E-state index is 0.982. The van der Waals surface area contributed by atoms with Crippen molar-refractivity contribution in [3.05, 3.63) is 63.8 Å². The van der Waals surface area contributed by atoms with Crippen molar-refractivity contribution in [1.82, 2.24) is 4.98 Å². The lowest BCUT2D eigenvalue weighted by atomic mass is 9.95. The van der Waals surface area contributed by atoms with Crippen LogP contribution in [0.1, 0.15) is 22.3 Å². The largest absolute Gasteiger partial charge is 0.361 e. The van der Waals surface area contributed by atoms with Gasteiger partial charge in [0.1, 0.15) is 0 Å². The SMILES string of the molecule is C=C/C(Br)=C\c1cc[nH]c1-c1c(C)cc(C)cc1C. The van der Waals surface area contributed by atoms with E-state index in [9.17, 15) is 0 Å². The van der Waals surface area contributed by atoms with Gasteiger partial charge < -0.3 is 4.98 Å². The quantitative estimate of drug-likeness (QED) is 0.717. The first-order valence-corrected chi connectivity index (χ1v) is 7.07. The standard InChI is InChI=1S/C17H18BrN/c1-5-15(18)10-14-6-7-19-17(14)16-12(3)8-11(2)9-13(16)4/h5-10,19H,1H2,2-4H3/b15-10+. The molecule has 98 valence electrons. The maximum Gasteiger partial charge on any atom is 0.0533 e. The molecule has 1 N–H and O–H groups in total. The van der Waals surface area contributed by atoms with Crippen LogP contribution >= 0.6 is 15.9 Å². The van der Waals surface area contributed by atoms with Crippen molar-refractivity contribution in [3.63, 3.8) is 0 Å². The molecule has 0 amide bonds. The predicted octanol–water partition coefficient (Wildman–Crippen LogP) is 5.53. The topological polar surface area (TPSA) is 15.8 Å². The molecule has 2 heteroatoms. The van der Waals surface area contributed by atoms with Crippen LogP contribution in [0.4, 0.5) is 0 Å². The predicted molar refractivity (Wildman–Crippen MR) is 87.5 cm³/mol. The van der Waals surface area contributed by atoms with Gasteiger partial charge in [0.2, 0.25) is 0 Å². The smallest absolute Gasteiger partial charge is 0.0533 e. The average molecular weight is 316 g/mol. The Morgan fingerprint density at radius 3 is 2.42 bits per heavy atom. The first kappa shape index (κ1) is 13.9. The molecule has 0 fully saturated rings. The van der Waals surface area contributed by atoms with E-state index in [1.165, 1.54) is 27.8 Å². The molecule has 0 aliphatic heterocycles. The van der Waals surface area contributed by atoms with Gasteiger partial charge in [-0.2, -0.15) is 0 Å². The van der Waals surface area contributed by atoms with E-state index in [-0.39, 0.29) is 0 Å². The Morgan fingerprint density at radius 2 is 1.84 bits per heavy atom. The second kappa shape index (κ2) is 5.62. The lowest BCUT2D eigenvalue weighted by Gasteiger charge is -2.11. The van der Waals surface area contributed by atoms with Crippen LogP contribution in [0.25, 0.3) is 17.3 Å². The molecule has 0 unspecified atom stereocenters. The van der Waals surface area contributed by atoms with E-state index in [1.807, 2.05) is 6.20 Å². The highest BCUT2D eigenvalue weighted by Gasteiger charge is 2.11. The van der Waals surface area contributed by atoms with Gasteiger partial charge in [-0.25, -0.2) is 0 Å². The van der Waals surface area contributed by atoms with Crippen molar-refractivity contribution in [1.29, 1.82) is 0 Å². The zero-order chi connectivity index (χ0) is 14.0. The maximum absolute atomic E-state index is 3.76. The van der Waals surface area contributed by atoms with Gasteiger partial charge >= 0.3 is 0 Å². The molecule has 1 nitrogen and oxygen atoms in total. The van der Waals surface area contributed by atoms with Crippen molar-refractivity contribution in [2.45, 2.75) is 20.8 Å². The number of hydrogen-bond acceptors (Lipinski definition) is 0. The van der Waals surface area contributed by atoms with Gasteiger partial charge in [0, 0.05) is 21.8 Å². The number of H-pyrrole nitrogens is 1. The van der Waals surface area contributed by atoms with Gasteiger partial charge in [-0.15, -0.1) is 0 Å². The summed E-state index contributed by atoms with van der Waals surface area (Å²) in [5.41, 5.74) is 7.50. The highest BCUT2D eigenvalue weighted by atomic mass is 79.9. The molecule has 2 rings (SSSR count). The van der Waals surface area contributed by atoms with Gasteiger partial charge in [0.15, 0.2) is 0 Å². The normalized spacial score (nSPS) is 11.7.